The van der Waals surface area contributed by atoms with Crippen molar-refractivity contribution in [1.29, 1.82) is 0 Å². The highest BCUT2D eigenvalue weighted by Gasteiger charge is 2.20. The van der Waals surface area contributed by atoms with Crippen LogP contribution in [0.25, 0.3) is 0 Å². The fourth-order valence-electron chi connectivity index (χ4n) is 2.15. The predicted molar refractivity (Wildman–Crippen MR) is 68.6 cm³/mol. The number of nitrogens with zero attached hydrogens (tertiary/aromatic N) is 2. The van der Waals surface area contributed by atoms with E-state index in [0.717, 1.165) is 38.6 Å². The highest BCUT2D eigenvalue weighted by atomic mass is 16.3. The van der Waals surface area contributed by atoms with Crippen LogP contribution in [0, 0.1) is 11.8 Å². The standard InChI is InChI=1S/C13H28N2O/c1-11(2)9-14-5-7-15(8-6-14)10-13(16)12(3)4/h11-13,16H,5-10H2,1-4H3. The Morgan fingerprint density at radius 1 is 0.875 bits per heavy atom. The van der Waals surface area contributed by atoms with Crippen LogP contribution in [0.2, 0.25) is 0 Å². The molecule has 3 heteroatoms. The molecule has 1 aliphatic heterocycles. The van der Waals surface area contributed by atoms with Gasteiger partial charge in [0, 0.05) is 39.3 Å². The third kappa shape index (κ3) is 4.81. The van der Waals surface area contributed by atoms with E-state index in [0.29, 0.717) is 5.92 Å². The number of aliphatic hydroxyl groups is 1. The van der Waals surface area contributed by atoms with Crippen molar-refractivity contribution in [3.63, 3.8) is 0 Å². The van der Waals surface area contributed by atoms with Gasteiger partial charge < -0.3 is 10.0 Å². The molecule has 0 bridgehead atoms. The van der Waals surface area contributed by atoms with Gasteiger partial charge >= 0.3 is 0 Å². The topological polar surface area (TPSA) is 26.7 Å². The molecule has 0 amide bonds. The van der Waals surface area contributed by atoms with E-state index in [1.54, 1.807) is 0 Å². The molecule has 1 unspecified atom stereocenters. The minimum Gasteiger partial charge on any atom is -0.392 e. The monoisotopic (exact) mass is 228 g/mol. The Morgan fingerprint density at radius 2 is 1.31 bits per heavy atom. The Kier molecular flexibility index (Phi) is 5.73. The summed E-state index contributed by atoms with van der Waals surface area (Å²) >= 11 is 0. The van der Waals surface area contributed by atoms with Crippen molar-refractivity contribution >= 4 is 0 Å². The smallest absolute Gasteiger partial charge is 0.0689 e. The molecule has 0 aromatic carbocycles. The Morgan fingerprint density at radius 3 is 1.69 bits per heavy atom. The van der Waals surface area contributed by atoms with Crippen LogP contribution < -0.4 is 0 Å². The molecule has 0 radical (unpaired) electrons. The summed E-state index contributed by atoms with van der Waals surface area (Å²) in [4.78, 5) is 4.92. The molecule has 0 spiro atoms. The van der Waals surface area contributed by atoms with E-state index in [1.165, 1.54) is 6.54 Å². The molecule has 1 atom stereocenters. The van der Waals surface area contributed by atoms with Gasteiger partial charge in [0.15, 0.2) is 0 Å². The first-order valence-electron chi connectivity index (χ1n) is 6.61. The van der Waals surface area contributed by atoms with Gasteiger partial charge in [-0.25, -0.2) is 0 Å². The summed E-state index contributed by atoms with van der Waals surface area (Å²) in [5.74, 6) is 1.13. The van der Waals surface area contributed by atoms with Crippen molar-refractivity contribution < 1.29 is 5.11 Å². The van der Waals surface area contributed by atoms with Crippen LogP contribution in [0.1, 0.15) is 27.7 Å². The lowest BCUT2D eigenvalue weighted by Gasteiger charge is -2.36. The number of rotatable bonds is 5. The van der Waals surface area contributed by atoms with Crippen LogP contribution in [-0.4, -0.2) is 60.3 Å². The molecule has 3 nitrogen and oxygen atoms in total. The van der Waals surface area contributed by atoms with Crippen LogP contribution in [-0.2, 0) is 0 Å². The first-order valence-corrected chi connectivity index (χ1v) is 6.61. The minimum absolute atomic E-state index is 0.170. The van der Waals surface area contributed by atoms with Gasteiger partial charge in [0.05, 0.1) is 6.10 Å². The Labute approximate surface area is 100 Å². The molecule has 1 fully saturated rings. The van der Waals surface area contributed by atoms with Gasteiger partial charge in [0.2, 0.25) is 0 Å². The Bertz CT molecular complexity index is 186. The van der Waals surface area contributed by atoms with E-state index in [4.69, 9.17) is 0 Å². The van der Waals surface area contributed by atoms with Crippen LogP contribution in [0.15, 0.2) is 0 Å². The summed E-state index contributed by atoms with van der Waals surface area (Å²) in [5.41, 5.74) is 0. The molecular weight excluding hydrogens is 200 g/mol. The van der Waals surface area contributed by atoms with Gasteiger partial charge in [-0.3, -0.25) is 4.90 Å². The number of aliphatic hydroxyl groups excluding tert-OH is 1. The third-order valence-electron chi connectivity index (χ3n) is 3.30. The molecule has 0 saturated carbocycles. The molecule has 16 heavy (non-hydrogen) atoms. The van der Waals surface area contributed by atoms with Crippen molar-refractivity contribution in [2.75, 3.05) is 39.3 Å². The zero-order valence-electron chi connectivity index (χ0n) is 11.3. The fraction of sp³-hybridized carbons (Fsp3) is 1.00. The van der Waals surface area contributed by atoms with Crippen LogP contribution >= 0.6 is 0 Å². The van der Waals surface area contributed by atoms with E-state index < -0.39 is 0 Å². The lowest BCUT2D eigenvalue weighted by molar-refractivity contribution is 0.0474. The fourth-order valence-corrected chi connectivity index (χ4v) is 2.15. The maximum atomic E-state index is 9.83. The molecule has 1 saturated heterocycles. The van der Waals surface area contributed by atoms with Gasteiger partial charge in [0.1, 0.15) is 0 Å². The third-order valence-corrected chi connectivity index (χ3v) is 3.30. The molecular formula is C13H28N2O. The van der Waals surface area contributed by atoms with E-state index >= 15 is 0 Å². The summed E-state index contributed by atoms with van der Waals surface area (Å²) < 4.78 is 0. The van der Waals surface area contributed by atoms with Crippen molar-refractivity contribution in [2.45, 2.75) is 33.8 Å². The molecule has 1 heterocycles. The van der Waals surface area contributed by atoms with Crippen molar-refractivity contribution in [3.8, 4) is 0 Å². The van der Waals surface area contributed by atoms with E-state index in [9.17, 15) is 5.11 Å². The van der Waals surface area contributed by atoms with E-state index in [-0.39, 0.29) is 6.10 Å². The zero-order chi connectivity index (χ0) is 12.1. The Hall–Kier alpha value is -0.120. The minimum atomic E-state index is -0.170. The molecule has 1 rings (SSSR count). The lowest BCUT2D eigenvalue weighted by atomic mass is 10.1. The lowest BCUT2D eigenvalue weighted by Crippen LogP contribution is -2.49. The maximum Gasteiger partial charge on any atom is 0.0689 e. The molecule has 1 N–H and O–H groups in total. The van der Waals surface area contributed by atoms with Crippen molar-refractivity contribution in [2.24, 2.45) is 11.8 Å². The molecule has 0 aliphatic carbocycles. The van der Waals surface area contributed by atoms with E-state index in [2.05, 4.69) is 37.5 Å². The first-order chi connectivity index (χ1) is 7.49. The van der Waals surface area contributed by atoms with Crippen LogP contribution in [0.5, 0.6) is 0 Å². The molecule has 1 aliphatic rings. The largest absolute Gasteiger partial charge is 0.392 e. The van der Waals surface area contributed by atoms with Gasteiger partial charge in [-0.1, -0.05) is 27.7 Å². The Balaban J connectivity index is 2.21. The number of β-amino-alcohol motifs (C(OH)–C–C–N with tert-alkyl or cyclic N) is 1. The summed E-state index contributed by atoms with van der Waals surface area (Å²) in [6, 6.07) is 0. The summed E-state index contributed by atoms with van der Waals surface area (Å²) in [6.45, 7) is 15.3. The average Bonchev–Trinajstić information content (AvgIpc) is 2.20. The second-order valence-corrected chi connectivity index (χ2v) is 5.81. The summed E-state index contributed by atoms with van der Waals surface area (Å²) in [5, 5.41) is 9.83. The first kappa shape index (κ1) is 13.9. The van der Waals surface area contributed by atoms with Gasteiger partial charge in [-0.15, -0.1) is 0 Å². The molecule has 0 aromatic heterocycles. The van der Waals surface area contributed by atoms with Crippen molar-refractivity contribution in [3.05, 3.63) is 0 Å². The molecule has 96 valence electrons. The number of hydrogen-bond acceptors (Lipinski definition) is 3. The van der Waals surface area contributed by atoms with Gasteiger partial charge in [0.25, 0.3) is 0 Å². The summed E-state index contributed by atoms with van der Waals surface area (Å²) in [7, 11) is 0. The van der Waals surface area contributed by atoms with Crippen LogP contribution in [0.4, 0.5) is 0 Å². The van der Waals surface area contributed by atoms with Gasteiger partial charge in [-0.2, -0.15) is 0 Å². The maximum absolute atomic E-state index is 9.83. The predicted octanol–water partition coefficient (Wildman–Crippen LogP) is 1.28. The van der Waals surface area contributed by atoms with Crippen molar-refractivity contribution in [1.82, 2.24) is 9.80 Å². The number of hydrogen-bond donors (Lipinski definition) is 1. The SMILES string of the molecule is CC(C)CN1CCN(CC(O)C(C)C)CC1. The quantitative estimate of drug-likeness (QED) is 0.768. The number of piperazine rings is 1. The highest BCUT2D eigenvalue weighted by Crippen LogP contribution is 2.08. The second-order valence-electron chi connectivity index (χ2n) is 5.81. The van der Waals surface area contributed by atoms with Gasteiger partial charge in [-0.05, 0) is 11.8 Å². The van der Waals surface area contributed by atoms with Crippen LogP contribution in [0.3, 0.4) is 0 Å². The molecule has 0 aromatic rings. The highest BCUT2D eigenvalue weighted by molar-refractivity contribution is 4.75. The second kappa shape index (κ2) is 6.58. The van der Waals surface area contributed by atoms with E-state index in [1.807, 2.05) is 0 Å². The average molecular weight is 228 g/mol. The zero-order valence-corrected chi connectivity index (χ0v) is 11.3. The summed E-state index contributed by atoms with van der Waals surface area (Å²) in [6.07, 6.45) is -0.170. The normalized spacial score (nSPS) is 21.9.